The molecule has 0 saturated carbocycles. The SMILES string of the molecule is CCCC(C)C1C[C@H](O)c2ccc(Br)cc2O1. The van der Waals surface area contributed by atoms with Crippen molar-refractivity contribution in [2.75, 3.05) is 0 Å². The first kappa shape index (κ1) is 12.9. The largest absolute Gasteiger partial charge is 0.490 e. The molecule has 0 saturated heterocycles. The van der Waals surface area contributed by atoms with E-state index >= 15 is 0 Å². The fraction of sp³-hybridized carbons (Fsp3) is 0.571. The van der Waals surface area contributed by atoms with E-state index in [1.54, 1.807) is 0 Å². The van der Waals surface area contributed by atoms with Crippen molar-refractivity contribution < 1.29 is 9.84 Å². The third-order valence-corrected chi connectivity index (χ3v) is 3.94. The summed E-state index contributed by atoms with van der Waals surface area (Å²) in [7, 11) is 0. The Bertz CT molecular complexity index is 392. The van der Waals surface area contributed by atoms with Gasteiger partial charge in [0.1, 0.15) is 11.9 Å². The second-order valence-electron chi connectivity index (χ2n) is 4.86. The van der Waals surface area contributed by atoms with Crippen LogP contribution >= 0.6 is 15.9 Å². The average molecular weight is 299 g/mol. The zero-order valence-electron chi connectivity index (χ0n) is 10.3. The van der Waals surface area contributed by atoms with E-state index < -0.39 is 6.10 Å². The van der Waals surface area contributed by atoms with E-state index in [2.05, 4.69) is 29.8 Å². The lowest BCUT2D eigenvalue weighted by atomic mass is 9.90. The van der Waals surface area contributed by atoms with Gasteiger partial charge < -0.3 is 9.84 Å². The van der Waals surface area contributed by atoms with Crippen LogP contribution in [0.3, 0.4) is 0 Å². The molecule has 1 N–H and O–H groups in total. The summed E-state index contributed by atoms with van der Waals surface area (Å²) in [6.07, 6.45) is 2.74. The van der Waals surface area contributed by atoms with Crippen molar-refractivity contribution in [3.8, 4) is 5.75 Å². The third kappa shape index (κ3) is 2.83. The van der Waals surface area contributed by atoms with E-state index in [0.717, 1.165) is 28.6 Å². The molecule has 0 fully saturated rings. The number of rotatable bonds is 3. The van der Waals surface area contributed by atoms with Crippen LogP contribution in [0.2, 0.25) is 0 Å². The second kappa shape index (κ2) is 5.40. The zero-order valence-corrected chi connectivity index (χ0v) is 11.9. The maximum atomic E-state index is 10.1. The Labute approximate surface area is 111 Å². The Morgan fingerprint density at radius 2 is 2.29 bits per heavy atom. The summed E-state index contributed by atoms with van der Waals surface area (Å²) in [6, 6.07) is 5.83. The lowest BCUT2D eigenvalue weighted by Gasteiger charge is -2.33. The van der Waals surface area contributed by atoms with Crippen LogP contribution in [0.1, 0.15) is 44.8 Å². The lowest BCUT2D eigenvalue weighted by Crippen LogP contribution is -2.31. The summed E-state index contributed by atoms with van der Waals surface area (Å²) in [6.45, 7) is 4.38. The quantitative estimate of drug-likeness (QED) is 0.911. The van der Waals surface area contributed by atoms with E-state index in [4.69, 9.17) is 4.74 Å². The van der Waals surface area contributed by atoms with E-state index in [9.17, 15) is 5.11 Å². The molecule has 0 amide bonds. The molecule has 1 aliphatic rings. The fourth-order valence-corrected chi connectivity index (χ4v) is 2.77. The summed E-state index contributed by atoms with van der Waals surface area (Å²) < 4.78 is 7.00. The van der Waals surface area contributed by atoms with Crippen LogP contribution in [-0.2, 0) is 0 Å². The van der Waals surface area contributed by atoms with Crippen LogP contribution in [0.5, 0.6) is 5.75 Å². The molecule has 0 aromatic heterocycles. The Kier molecular flexibility index (Phi) is 4.10. The average Bonchev–Trinajstić information content (AvgIpc) is 2.28. The van der Waals surface area contributed by atoms with Gasteiger partial charge in [0.25, 0.3) is 0 Å². The minimum Gasteiger partial charge on any atom is -0.490 e. The van der Waals surface area contributed by atoms with Crippen molar-refractivity contribution in [1.82, 2.24) is 0 Å². The van der Waals surface area contributed by atoms with Gasteiger partial charge in [-0.05, 0) is 24.5 Å². The standard InChI is InChI=1S/C14H19BrO2/c1-3-4-9(2)13-8-12(16)11-6-5-10(15)7-14(11)17-13/h5-7,9,12-13,16H,3-4,8H2,1-2H3/t9?,12-,13?/m0/s1. The normalized spacial score (nSPS) is 24.9. The first-order chi connectivity index (χ1) is 8.11. The molecule has 0 aliphatic carbocycles. The van der Waals surface area contributed by atoms with Crippen LogP contribution in [-0.4, -0.2) is 11.2 Å². The van der Waals surface area contributed by atoms with E-state index in [1.807, 2.05) is 18.2 Å². The number of hydrogen-bond donors (Lipinski definition) is 1. The van der Waals surface area contributed by atoms with Gasteiger partial charge in [-0.3, -0.25) is 0 Å². The van der Waals surface area contributed by atoms with E-state index in [-0.39, 0.29) is 6.10 Å². The molecule has 2 unspecified atom stereocenters. The summed E-state index contributed by atoms with van der Waals surface area (Å²) in [5.41, 5.74) is 0.910. The first-order valence-corrected chi connectivity index (χ1v) is 7.05. The summed E-state index contributed by atoms with van der Waals surface area (Å²) in [5, 5.41) is 10.1. The van der Waals surface area contributed by atoms with Crippen molar-refractivity contribution in [1.29, 1.82) is 0 Å². The lowest BCUT2D eigenvalue weighted by molar-refractivity contribution is 0.0361. The number of aliphatic hydroxyl groups excluding tert-OH is 1. The summed E-state index contributed by atoms with van der Waals surface area (Å²) in [4.78, 5) is 0. The highest BCUT2D eigenvalue weighted by atomic mass is 79.9. The Balaban J connectivity index is 2.19. The topological polar surface area (TPSA) is 29.5 Å². The zero-order chi connectivity index (χ0) is 12.4. The van der Waals surface area contributed by atoms with Crippen molar-refractivity contribution in [2.24, 2.45) is 5.92 Å². The molecular formula is C14H19BrO2. The second-order valence-corrected chi connectivity index (χ2v) is 5.77. The Morgan fingerprint density at radius 3 is 3.00 bits per heavy atom. The highest BCUT2D eigenvalue weighted by Gasteiger charge is 2.30. The molecule has 17 heavy (non-hydrogen) atoms. The predicted molar refractivity (Wildman–Crippen MR) is 72.2 cm³/mol. The molecule has 1 aromatic rings. The molecule has 94 valence electrons. The smallest absolute Gasteiger partial charge is 0.126 e. The monoisotopic (exact) mass is 298 g/mol. The van der Waals surface area contributed by atoms with Crippen molar-refractivity contribution in [3.05, 3.63) is 28.2 Å². The molecular weight excluding hydrogens is 280 g/mol. The number of benzene rings is 1. The number of aliphatic hydroxyl groups is 1. The van der Waals surface area contributed by atoms with Crippen LogP contribution in [0.25, 0.3) is 0 Å². The van der Waals surface area contributed by atoms with Crippen LogP contribution in [0.15, 0.2) is 22.7 Å². The molecule has 3 atom stereocenters. The molecule has 1 aliphatic heterocycles. The summed E-state index contributed by atoms with van der Waals surface area (Å²) in [5.74, 6) is 1.31. The molecule has 1 heterocycles. The first-order valence-electron chi connectivity index (χ1n) is 6.26. The van der Waals surface area contributed by atoms with Crippen molar-refractivity contribution in [3.63, 3.8) is 0 Å². The highest BCUT2D eigenvalue weighted by Crippen LogP contribution is 2.38. The van der Waals surface area contributed by atoms with Gasteiger partial charge >= 0.3 is 0 Å². The number of hydrogen-bond acceptors (Lipinski definition) is 2. The van der Waals surface area contributed by atoms with Gasteiger partial charge in [-0.2, -0.15) is 0 Å². The number of halogens is 1. The van der Waals surface area contributed by atoms with Gasteiger partial charge in [-0.15, -0.1) is 0 Å². The molecule has 1 aromatic carbocycles. The van der Waals surface area contributed by atoms with Crippen molar-refractivity contribution in [2.45, 2.75) is 45.3 Å². The van der Waals surface area contributed by atoms with E-state index in [0.29, 0.717) is 12.3 Å². The predicted octanol–water partition coefficient (Wildman–Crippen LogP) is 4.07. The van der Waals surface area contributed by atoms with Gasteiger partial charge in [-0.1, -0.05) is 42.3 Å². The van der Waals surface area contributed by atoms with Crippen molar-refractivity contribution >= 4 is 15.9 Å². The number of fused-ring (bicyclic) bond motifs is 1. The van der Waals surface area contributed by atoms with E-state index in [1.165, 1.54) is 0 Å². The molecule has 2 rings (SSSR count). The van der Waals surface area contributed by atoms with Gasteiger partial charge in [-0.25, -0.2) is 0 Å². The van der Waals surface area contributed by atoms with Crippen LogP contribution in [0.4, 0.5) is 0 Å². The van der Waals surface area contributed by atoms with Gasteiger partial charge in [0.15, 0.2) is 0 Å². The highest BCUT2D eigenvalue weighted by molar-refractivity contribution is 9.10. The van der Waals surface area contributed by atoms with Crippen LogP contribution in [0, 0.1) is 5.92 Å². The minimum atomic E-state index is -0.392. The Hall–Kier alpha value is -0.540. The Morgan fingerprint density at radius 1 is 1.53 bits per heavy atom. The minimum absolute atomic E-state index is 0.131. The molecule has 0 spiro atoms. The third-order valence-electron chi connectivity index (χ3n) is 3.45. The van der Waals surface area contributed by atoms with Gasteiger partial charge in [0, 0.05) is 16.5 Å². The molecule has 0 bridgehead atoms. The maximum absolute atomic E-state index is 10.1. The van der Waals surface area contributed by atoms with Crippen LogP contribution < -0.4 is 4.74 Å². The van der Waals surface area contributed by atoms with Gasteiger partial charge in [0.2, 0.25) is 0 Å². The molecule has 0 radical (unpaired) electrons. The fourth-order valence-electron chi connectivity index (χ4n) is 2.43. The molecule has 2 nitrogen and oxygen atoms in total. The maximum Gasteiger partial charge on any atom is 0.126 e. The summed E-state index contributed by atoms with van der Waals surface area (Å²) >= 11 is 3.44. The molecule has 3 heteroatoms. The van der Waals surface area contributed by atoms with Gasteiger partial charge in [0.05, 0.1) is 6.10 Å². The number of ether oxygens (including phenoxy) is 1.